The second-order valence-electron chi connectivity index (χ2n) is 8.45. The Morgan fingerprint density at radius 2 is 1.68 bits per heavy atom. The molecule has 0 atom stereocenters. The van der Waals surface area contributed by atoms with Crippen LogP contribution in [-0.2, 0) is 4.79 Å². The Hall–Kier alpha value is -1.71. The second-order valence-corrected chi connectivity index (χ2v) is 8.45. The van der Waals surface area contributed by atoms with Gasteiger partial charge < -0.3 is 0 Å². The first-order valence-electron chi connectivity index (χ1n) is 9.71. The van der Waals surface area contributed by atoms with Gasteiger partial charge >= 0.3 is 0 Å². The summed E-state index contributed by atoms with van der Waals surface area (Å²) in [6.45, 7) is 2.08. The molecule has 4 aliphatic carbocycles. The summed E-state index contributed by atoms with van der Waals surface area (Å²) < 4.78 is 13.2. The molecule has 0 saturated heterocycles. The number of rotatable bonds is 5. The Balaban J connectivity index is 1.51. The number of carbonyl (C=O) groups excluding carboxylic acids is 1. The van der Waals surface area contributed by atoms with Crippen molar-refractivity contribution >= 4 is 11.6 Å². The summed E-state index contributed by atoms with van der Waals surface area (Å²) in [6, 6.07) is 6.37. The molecular formula is C21H27FN2O. The summed E-state index contributed by atoms with van der Waals surface area (Å²) in [5.74, 6) is 2.09. The monoisotopic (exact) mass is 342 g/mol. The van der Waals surface area contributed by atoms with Crippen LogP contribution in [0.5, 0.6) is 0 Å². The average Bonchev–Trinajstić information content (AvgIpc) is 2.58. The maximum absolute atomic E-state index is 13.2. The number of carbonyl (C=O) groups is 1. The average molecular weight is 342 g/mol. The van der Waals surface area contributed by atoms with Gasteiger partial charge in [-0.15, -0.1) is 0 Å². The van der Waals surface area contributed by atoms with Gasteiger partial charge in [0.05, 0.1) is 11.1 Å². The molecule has 0 radical (unpaired) electrons. The van der Waals surface area contributed by atoms with E-state index < -0.39 is 0 Å². The van der Waals surface area contributed by atoms with Crippen molar-refractivity contribution < 1.29 is 9.18 Å². The molecule has 1 aromatic carbocycles. The van der Waals surface area contributed by atoms with Gasteiger partial charge in [-0.25, -0.2) is 9.82 Å². The molecule has 1 aromatic rings. The number of nitrogens with one attached hydrogen (secondary N) is 1. The van der Waals surface area contributed by atoms with Gasteiger partial charge in [-0.05, 0) is 80.4 Å². The van der Waals surface area contributed by atoms with Crippen LogP contribution >= 0.6 is 0 Å². The number of amides is 1. The van der Waals surface area contributed by atoms with Gasteiger partial charge in [-0.3, -0.25) is 4.79 Å². The highest BCUT2D eigenvalue weighted by Crippen LogP contribution is 2.60. The molecule has 4 fully saturated rings. The fraction of sp³-hybridized carbons (Fsp3) is 0.619. The highest BCUT2D eigenvalue weighted by molar-refractivity contribution is 6.01. The normalized spacial score (nSPS) is 33.5. The molecule has 1 amide bonds. The predicted octanol–water partition coefficient (Wildman–Crippen LogP) is 4.66. The zero-order valence-corrected chi connectivity index (χ0v) is 14.9. The molecule has 4 heteroatoms. The third-order valence-electron chi connectivity index (χ3n) is 6.48. The van der Waals surface area contributed by atoms with Crippen LogP contribution in [-0.4, -0.2) is 11.6 Å². The first-order chi connectivity index (χ1) is 12.1. The Labute approximate surface area is 149 Å². The first-order valence-corrected chi connectivity index (χ1v) is 9.71. The van der Waals surface area contributed by atoms with E-state index >= 15 is 0 Å². The SMILES string of the molecule is CCC/C(=N/NC(=O)C12CC3CC(CC(C3)C1)C2)c1ccc(F)cc1. The summed E-state index contributed by atoms with van der Waals surface area (Å²) in [7, 11) is 0. The number of hydrogen-bond donors (Lipinski definition) is 1. The Morgan fingerprint density at radius 1 is 1.12 bits per heavy atom. The van der Waals surface area contributed by atoms with E-state index in [1.165, 1.54) is 31.4 Å². The predicted molar refractivity (Wildman–Crippen MR) is 96.6 cm³/mol. The van der Waals surface area contributed by atoms with E-state index in [0.717, 1.165) is 61.1 Å². The number of nitrogens with zero attached hydrogens (tertiary/aromatic N) is 1. The van der Waals surface area contributed by atoms with Crippen molar-refractivity contribution in [1.29, 1.82) is 0 Å². The van der Waals surface area contributed by atoms with Gasteiger partial charge in [0.15, 0.2) is 0 Å². The molecule has 0 spiro atoms. The molecule has 5 rings (SSSR count). The molecule has 134 valence electrons. The number of halogens is 1. The molecule has 0 aliphatic heterocycles. The van der Waals surface area contributed by atoms with Gasteiger partial charge in [0.2, 0.25) is 5.91 Å². The maximum Gasteiger partial charge on any atom is 0.246 e. The molecule has 0 unspecified atom stereocenters. The van der Waals surface area contributed by atoms with E-state index in [0.29, 0.717) is 0 Å². The van der Waals surface area contributed by atoms with Crippen LogP contribution in [0.3, 0.4) is 0 Å². The lowest BCUT2D eigenvalue weighted by Crippen LogP contribution is -2.52. The van der Waals surface area contributed by atoms with Crippen LogP contribution in [0, 0.1) is 29.0 Å². The lowest BCUT2D eigenvalue weighted by Gasteiger charge is -2.55. The van der Waals surface area contributed by atoms with Crippen LogP contribution in [0.15, 0.2) is 29.4 Å². The van der Waals surface area contributed by atoms with E-state index in [1.54, 1.807) is 12.1 Å². The van der Waals surface area contributed by atoms with Gasteiger partial charge in [-0.2, -0.15) is 5.10 Å². The zero-order valence-electron chi connectivity index (χ0n) is 14.9. The van der Waals surface area contributed by atoms with E-state index in [1.807, 2.05) is 0 Å². The summed E-state index contributed by atoms with van der Waals surface area (Å²) in [5, 5.41) is 4.47. The summed E-state index contributed by atoms with van der Waals surface area (Å²) >= 11 is 0. The molecule has 4 saturated carbocycles. The third kappa shape index (κ3) is 3.23. The molecule has 4 aliphatic rings. The van der Waals surface area contributed by atoms with Crippen molar-refractivity contribution in [1.82, 2.24) is 5.43 Å². The number of hydrazone groups is 1. The minimum absolute atomic E-state index is 0.113. The van der Waals surface area contributed by atoms with Crippen LogP contribution in [0.4, 0.5) is 4.39 Å². The lowest BCUT2D eigenvalue weighted by molar-refractivity contribution is -0.146. The van der Waals surface area contributed by atoms with Crippen molar-refractivity contribution in [2.45, 2.75) is 58.3 Å². The van der Waals surface area contributed by atoms with Gasteiger partial charge in [-0.1, -0.05) is 25.5 Å². The fourth-order valence-corrected chi connectivity index (χ4v) is 5.77. The van der Waals surface area contributed by atoms with Gasteiger partial charge in [0.25, 0.3) is 0 Å². The zero-order chi connectivity index (χ0) is 17.4. The molecule has 1 N–H and O–H groups in total. The van der Waals surface area contributed by atoms with Crippen LogP contribution in [0.1, 0.15) is 63.9 Å². The van der Waals surface area contributed by atoms with Crippen LogP contribution < -0.4 is 5.43 Å². The Morgan fingerprint density at radius 3 is 2.20 bits per heavy atom. The highest BCUT2D eigenvalue weighted by Gasteiger charge is 2.54. The molecule has 4 bridgehead atoms. The highest BCUT2D eigenvalue weighted by atomic mass is 19.1. The molecule has 3 nitrogen and oxygen atoms in total. The second kappa shape index (κ2) is 6.54. The summed E-state index contributed by atoms with van der Waals surface area (Å²) in [6.07, 6.45) is 8.81. The maximum atomic E-state index is 13.2. The summed E-state index contributed by atoms with van der Waals surface area (Å²) in [4.78, 5) is 13.0. The van der Waals surface area contributed by atoms with E-state index in [9.17, 15) is 9.18 Å². The quantitative estimate of drug-likeness (QED) is 0.613. The van der Waals surface area contributed by atoms with Gasteiger partial charge in [0.1, 0.15) is 5.82 Å². The minimum atomic E-state index is -0.253. The van der Waals surface area contributed by atoms with Crippen molar-refractivity contribution in [3.8, 4) is 0 Å². The van der Waals surface area contributed by atoms with Crippen molar-refractivity contribution in [3.63, 3.8) is 0 Å². The topological polar surface area (TPSA) is 41.5 Å². The fourth-order valence-electron chi connectivity index (χ4n) is 5.77. The largest absolute Gasteiger partial charge is 0.273 e. The van der Waals surface area contributed by atoms with Crippen molar-refractivity contribution in [3.05, 3.63) is 35.6 Å². The van der Waals surface area contributed by atoms with Crippen LogP contribution in [0.25, 0.3) is 0 Å². The van der Waals surface area contributed by atoms with E-state index in [-0.39, 0.29) is 17.1 Å². The smallest absolute Gasteiger partial charge is 0.246 e. The standard InChI is InChI=1S/C21H27FN2O/c1-2-3-19(17-4-6-18(22)7-5-17)23-24-20(25)21-11-14-8-15(12-21)10-16(9-14)13-21/h4-7,14-16H,2-3,8-13H2,1H3,(H,24,25)/b23-19-. The number of hydrogen-bond acceptors (Lipinski definition) is 2. The lowest BCUT2D eigenvalue weighted by atomic mass is 9.49. The van der Waals surface area contributed by atoms with Crippen LogP contribution in [0.2, 0.25) is 0 Å². The van der Waals surface area contributed by atoms with E-state index in [2.05, 4.69) is 17.5 Å². The van der Waals surface area contributed by atoms with E-state index in [4.69, 9.17) is 0 Å². The third-order valence-corrected chi connectivity index (χ3v) is 6.48. The summed E-state index contributed by atoms with van der Waals surface area (Å²) in [5.41, 5.74) is 4.43. The Bertz CT molecular complexity index is 644. The first kappa shape index (κ1) is 16.7. The molecular weight excluding hydrogens is 315 g/mol. The van der Waals surface area contributed by atoms with Gasteiger partial charge in [0, 0.05) is 0 Å². The molecule has 0 aromatic heterocycles. The van der Waals surface area contributed by atoms with Crippen molar-refractivity contribution in [2.75, 3.05) is 0 Å². The minimum Gasteiger partial charge on any atom is -0.273 e. The number of benzene rings is 1. The van der Waals surface area contributed by atoms with Crippen molar-refractivity contribution in [2.24, 2.45) is 28.3 Å². The Kier molecular flexibility index (Phi) is 4.38. The molecule has 0 heterocycles. The molecule has 25 heavy (non-hydrogen) atoms.